The van der Waals surface area contributed by atoms with E-state index < -0.39 is 31.0 Å². The largest absolute Gasteiger partial charge is 0.348 e. The Bertz CT molecular complexity index is 348. The molecule has 0 aromatic carbocycles. The Morgan fingerprint density at radius 2 is 2.16 bits per heavy atom. The van der Waals surface area contributed by atoms with E-state index >= 15 is 0 Å². The van der Waals surface area contributed by atoms with Gasteiger partial charge in [0.2, 0.25) is 11.8 Å². The lowest BCUT2D eigenvalue weighted by Crippen LogP contribution is -2.53. The van der Waals surface area contributed by atoms with Crippen molar-refractivity contribution in [2.24, 2.45) is 11.7 Å². The minimum atomic E-state index is -3.12. The van der Waals surface area contributed by atoms with Gasteiger partial charge in [0.15, 0.2) is 0 Å². The molecule has 1 aliphatic heterocycles. The number of alkyl halides is 2. The second-order valence-corrected chi connectivity index (χ2v) is 5.16. The number of hydrogen-bond donors (Lipinski definition) is 2. The molecule has 0 bridgehead atoms. The van der Waals surface area contributed by atoms with E-state index in [1.807, 2.05) is 0 Å². The first-order valence-electron chi connectivity index (χ1n) is 6.43. The Hall–Kier alpha value is -1.24. The van der Waals surface area contributed by atoms with Crippen LogP contribution in [-0.2, 0) is 9.59 Å². The molecule has 0 aromatic rings. The monoisotopic (exact) mass is 277 g/mol. The van der Waals surface area contributed by atoms with Crippen LogP contribution in [0.5, 0.6) is 0 Å². The average molecular weight is 277 g/mol. The SMILES string of the molecule is CC(C)C(C(=O)NCC(F)(F)CN)N1CCCC1=O. The number of nitrogens with one attached hydrogen (secondary N) is 1. The Morgan fingerprint density at radius 3 is 2.58 bits per heavy atom. The van der Waals surface area contributed by atoms with Crippen molar-refractivity contribution < 1.29 is 18.4 Å². The Balaban J connectivity index is 2.66. The number of halogens is 2. The predicted molar refractivity (Wildman–Crippen MR) is 66.6 cm³/mol. The standard InChI is InChI=1S/C12H21F2N3O2/c1-8(2)10(17-5-3-4-9(17)18)11(19)16-7-12(13,14)6-15/h8,10H,3-7,15H2,1-2H3,(H,16,19). The van der Waals surface area contributed by atoms with E-state index in [0.29, 0.717) is 19.4 Å². The van der Waals surface area contributed by atoms with Crippen molar-refractivity contribution in [2.45, 2.75) is 38.7 Å². The summed E-state index contributed by atoms with van der Waals surface area (Å²) in [4.78, 5) is 25.1. The van der Waals surface area contributed by atoms with Gasteiger partial charge in [0, 0.05) is 13.0 Å². The molecule has 1 rings (SSSR count). The summed E-state index contributed by atoms with van der Waals surface area (Å²) < 4.78 is 26.0. The van der Waals surface area contributed by atoms with Crippen LogP contribution in [0.1, 0.15) is 26.7 Å². The molecular weight excluding hydrogens is 256 g/mol. The summed E-state index contributed by atoms with van der Waals surface area (Å²) in [5, 5.41) is 2.19. The van der Waals surface area contributed by atoms with E-state index in [9.17, 15) is 18.4 Å². The highest BCUT2D eigenvalue weighted by molar-refractivity contribution is 5.88. The number of nitrogens with two attached hydrogens (primary N) is 1. The molecule has 1 atom stereocenters. The fraction of sp³-hybridized carbons (Fsp3) is 0.833. The zero-order valence-electron chi connectivity index (χ0n) is 11.3. The Kier molecular flexibility index (Phi) is 5.22. The van der Waals surface area contributed by atoms with E-state index in [2.05, 4.69) is 5.32 Å². The number of rotatable bonds is 6. The van der Waals surface area contributed by atoms with Gasteiger partial charge in [-0.15, -0.1) is 0 Å². The fourth-order valence-electron chi connectivity index (χ4n) is 2.16. The highest BCUT2D eigenvalue weighted by atomic mass is 19.3. The van der Waals surface area contributed by atoms with Crippen molar-refractivity contribution in [3.05, 3.63) is 0 Å². The van der Waals surface area contributed by atoms with Gasteiger partial charge in [-0.1, -0.05) is 13.8 Å². The van der Waals surface area contributed by atoms with Gasteiger partial charge in [-0.2, -0.15) is 0 Å². The van der Waals surface area contributed by atoms with Crippen LogP contribution < -0.4 is 11.1 Å². The molecule has 1 aliphatic rings. The maximum atomic E-state index is 13.0. The molecule has 1 unspecified atom stereocenters. The molecule has 1 saturated heterocycles. The fourth-order valence-corrected chi connectivity index (χ4v) is 2.16. The summed E-state index contributed by atoms with van der Waals surface area (Å²) >= 11 is 0. The van der Waals surface area contributed by atoms with Crippen LogP contribution in [0.4, 0.5) is 8.78 Å². The van der Waals surface area contributed by atoms with Crippen molar-refractivity contribution >= 4 is 11.8 Å². The number of nitrogens with zero attached hydrogens (tertiary/aromatic N) is 1. The lowest BCUT2D eigenvalue weighted by atomic mass is 10.0. The van der Waals surface area contributed by atoms with E-state index in [4.69, 9.17) is 5.73 Å². The van der Waals surface area contributed by atoms with E-state index in [1.54, 1.807) is 13.8 Å². The van der Waals surface area contributed by atoms with E-state index in [0.717, 1.165) is 0 Å². The number of hydrogen-bond acceptors (Lipinski definition) is 3. The summed E-state index contributed by atoms with van der Waals surface area (Å²) in [6.45, 7) is 2.46. The summed E-state index contributed by atoms with van der Waals surface area (Å²) in [5.74, 6) is -3.89. The van der Waals surface area contributed by atoms with Gasteiger partial charge < -0.3 is 16.0 Å². The van der Waals surface area contributed by atoms with E-state index in [1.165, 1.54) is 4.90 Å². The van der Waals surface area contributed by atoms with Crippen molar-refractivity contribution in [3.63, 3.8) is 0 Å². The molecule has 0 saturated carbocycles. The third kappa shape index (κ3) is 4.12. The normalized spacial score (nSPS) is 18.0. The molecule has 7 heteroatoms. The summed E-state index contributed by atoms with van der Waals surface area (Å²) in [6.07, 6.45) is 1.11. The minimum absolute atomic E-state index is 0.0977. The van der Waals surface area contributed by atoms with Crippen LogP contribution >= 0.6 is 0 Å². The van der Waals surface area contributed by atoms with Crippen molar-refractivity contribution in [1.82, 2.24) is 10.2 Å². The third-order valence-corrected chi connectivity index (χ3v) is 3.17. The molecule has 1 fully saturated rings. The summed E-state index contributed by atoms with van der Waals surface area (Å²) in [5.41, 5.74) is 4.91. The molecule has 0 radical (unpaired) electrons. The average Bonchev–Trinajstić information content (AvgIpc) is 2.73. The number of likely N-dealkylation sites (tertiary alicyclic amines) is 1. The first kappa shape index (κ1) is 15.8. The van der Waals surface area contributed by atoms with Crippen LogP contribution in [0.15, 0.2) is 0 Å². The van der Waals surface area contributed by atoms with Gasteiger partial charge in [-0.25, -0.2) is 8.78 Å². The zero-order chi connectivity index (χ0) is 14.6. The van der Waals surface area contributed by atoms with Crippen molar-refractivity contribution in [3.8, 4) is 0 Å². The second-order valence-electron chi connectivity index (χ2n) is 5.16. The molecule has 0 aliphatic carbocycles. The van der Waals surface area contributed by atoms with Crippen molar-refractivity contribution in [1.29, 1.82) is 0 Å². The van der Waals surface area contributed by atoms with Gasteiger partial charge in [0.05, 0.1) is 13.1 Å². The number of carbonyl (C=O) groups is 2. The lowest BCUT2D eigenvalue weighted by Gasteiger charge is -2.30. The lowest BCUT2D eigenvalue weighted by molar-refractivity contribution is -0.139. The second kappa shape index (κ2) is 6.27. The quantitative estimate of drug-likeness (QED) is 0.735. The number of amides is 2. The molecule has 2 amide bonds. The smallest absolute Gasteiger partial charge is 0.277 e. The summed E-state index contributed by atoms with van der Waals surface area (Å²) in [7, 11) is 0. The molecular formula is C12H21F2N3O2. The van der Waals surface area contributed by atoms with Crippen LogP contribution in [0.3, 0.4) is 0 Å². The molecule has 110 valence electrons. The Morgan fingerprint density at radius 1 is 1.53 bits per heavy atom. The highest BCUT2D eigenvalue weighted by Gasteiger charge is 2.36. The highest BCUT2D eigenvalue weighted by Crippen LogP contribution is 2.19. The summed E-state index contributed by atoms with van der Waals surface area (Å²) in [6, 6.07) is -0.691. The minimum Gasteiger partial charge on any atom is -0.348 e. The maximum absolute atomic E-state index is 13.0. The molecule has 19 heavy (non-hydrogen) atoms. The van der Waals surface area contributed by atoms with Crippen LogP contribution in [0, 0.1) is 5.92 Å². The van der Waals surface area contributed by atoms with Crippen LogP contribution in [0.25, 0.3) is 0 Å². The Labute approximate surface area is 111 Å². The van der Waals surface area contributed by atoms with Gasteiger partial charge in [-0.05, 0) is 12.3 Å². The van der Waals surface area contributed by atoms with Gasteiger partial charge in [-0.3, -0.25) is 9.59 Å². The van der Waals surface area contributed by atoms with Crippen LogP contribution in [0.2, 0.25) is 0 Å². The predicted octanol–water partition coefficient (Wildman–Crippen LogP) is 0.344. The number of carbonyl (C=O) groups excluding carboxylic acids is 2. The van der Waals surface area contributed by atoms with Crippen molar-refractivity contribution in [2.75, 3.05) is 19.6 Å². The molecule has 0 aromatic heterocycles. The van der Waals surface area contributed by atoms with Gasteiger partial charge >= 0.3 is 0 Å². The molecule has 3 N–H and O–H groups in total. The third-order valence-electron chi connectivity index (χ3n) is 3.17. The van der Waals surface area contributed by atoms with E-state index in [-0.39, 0.29) is 11.8 Å². The van der Waals surface area contributed by atoms with Gasteiger partial charge in [0.1, 0.15) is 6.04 Å². The maximum Gasteiger partial charge on any atom is 0.277 e. The topological polar surface area (TPSA) is 75.4 Å². The molecule has 5 nitrogen and oxygen atoms in total. The van der Waals surface area contributed by atoms with Crippen LogP contribution in [-0.4, -0.2) is 48.3 Å². The molecule has 1 heterocycles. The first-order valence-corrected chi connectivity index (χ1v) is 6.43. The van der Waals surface area contributed by atoms with Gasteiger partial charge in [0.25, 0.3) is 5.92 Å². The molecule has 0 spiro atoms. The first-order chi connectivity index (χ1) is 8.78. The zero-order valence-corrected chi connectivity index (χ0v) is 11.3.